The maximum Gasteiger partial charge on any atom is 0.160 e. The van der Waals surface area contributed by atoms with E-state index in [1.54, 1.807) is 0 Å². The first-order valence-electron chi connectivity index (χ1n) is 13.6. The fourth-order valence-electron chi connectivity index (χ4n) is 4.98. The number of hydrogen-bond acceptors (Lipinski definition) is 5. The van der Waals surface area contributed by atoms with Crippen molar-refractivity contribution >= 4 is 33.3 Å². The summed E-state index contributed by atoms with van der Waals surface area (Å²) < 4.78 is 5.95. The van der Waals surface area contributed by atoms with E-state index in [9.17, 15) is 0 Å². The molecule has 6 heteroatoms. The Hall–Kier alpha value is -5.49. The van der Waals surface area contributed by atoms with Crippen molar-refractivity contribution in [2.24, 2.45) is 0 Å². The van der Waals surface area contributed by atoms with Gasteiger partial charge in [0.25, 0.3) is 0 Å². The Labute approximate surface area is 237 Å². The van der Waals surface area contributed by atoms with Crippen molar-refractivity contribution in [1.82, 2.24) is 20.2 Å². The smallest absolute Gasteiger partial charge is 0.160 e. The Bertz CT molecular complexity index is 1930. The molecule has 2 N–H and O–H groups in total. The monoisotopic (exact) mass is 533 g/mol. The normalized spacial score (nSPS) is 11.1. The van der Waals surface area contributed by atoms with E-state index in [4.69, 9.17) is 9.72 Å². The third-order valence-corrected chi connectivity index (χ3v) is 7.10. The first-order chi connectivity index (χ1) is 20.3. The molecule has 41 heavy (non-hydrogen) atoms. The van der Waals surface area contributed by atoms with Crippen molar-refractivity contribution in [1.29, 1.82) is 0 Å². The van der Waals surface area contributed by atoms with Gasteiger partial charge < -0.3 is 15.0 Å². The van der Waals surface area contributed by atoms with Crippen molar-refractivity contribution in [2.45, 2.75) is 13.0 Å². The lowest BCUT2D eigenvalue weighted by atomic mass is 10.0. The Morgan fingerprint density at radius 2 is 1.39 bits per heavy atom. The fourth-order valence-corrected chi connectivity index (χ4v) is 4.98. The zero-order valence-electron chi connectivity index (χ0n) is 22.3. The maximum atomic E-state index is 5.95. The number of hydrogen-bond donors (Lipinski definition) is 2. The molecule has 0 atom stereocenters. The highest BCUT2D eigenvalue weighted by Gasteiger charge is 2.12. The van der Waals surface area contributed by atoms with Gasteiger partial charge in [0.15, 0.2) is 5.82 Å². The Morgan fingerprint density at radius 1 is 0.659 bits per heavy atom. The molecule has 0 radical (unpaired) electrons. The number of rotatable bonds is 8. The van der Waals surface area contributed by atoms with Crippen molar-refractivity contribution < 1.29 is 4.74 Å². The Kier molecular flexibility index (Phi) is 6.55. The second-order valence-electron chi connectivity index (χ2n) is 9.94. The number of aromatic amines is 1. The number of H-pyrrole nitrogens is 1. The second kappa shape index (κ2) is 10.9. The van der Waals surface area contributed by atoms with E-state index in [0.717, 1.165) is 67.3 Å². The van der Waals surface area contributed by atoms with E-state index in [1.807, 2.05) is 84.9 Å². The third kappa shape index (κ3) is 5.36. The maximum absolute atomic E-state index is 5.95. The molecule has 0 saturated heterocycles. The molecule has 0 fully saturated rings. The minimum absolute atomic E-state index is 0.548. The van der Waals surface area contributed by atoms with Gasteiger partial charge >= 0.3 is 0 Å². The average molecular weight is 534 g/mol. The van der Waals surface area contributed by atoms with Gasteiger partial charge in [-0.2, -0.15) is 5.10 Å². The molecule has 0 spiro atoms. The predicted molar refractivity (Wildman–Crippen MR) is 164 cm³/mol. The van der Waals surface area contributed by atoms with Crippen LogP contribution in [0.3, 0.4) is 0 Å². The number of anilines is 2. The van der Waals surface area contributed by atoms with Crippen molar-refractivity contribution in [3.8, 4) is 17.1 Å². The SMILES string of the molecule is c1ccc(COc2ccc(Cc3nnc(Nc4ccc5nc(-c6ccccc6)[nH]c5c4)c4ccccc34)cc2)cc1. The molecule has 5 aromatic carbocycles. The van der Waals surface area contributed by atoms with Crippen molar-refractivity contribution in [3.05, 3.63) is 144 Å². The Balaban J connectivity index is 1.10. The van der Waals surface area contributed by atoms with Crippen molar-refractivity contribution in [3.63, 3.8) is 0 Å². The largest absolute Gasteiger partial charge is 0.489 e. The molecule has 7 aromatic rings. The topological polar surface area (TPSA) is 75.7 Å². The summed E-state index contributed by atoms with van der Waals surface area (Å²) in [7, 11) is 0. The highest BCUT2D eigenvalue weighted by atomic mass is 16.5. The molecule has 6 nitrogen and oxygen atoms in total. The summed E-state index contributed by atoms with van der Waals surface area (Å²) in [6.45, 7) is 0.548. The molecule has 0 amide bonds. The number of nitrogens with one attached hydrogen (secondary N) is 2. The summed E-state index contributed by atoms with van der Waals surface area (Å²) in [5.41, 5.74) is 7.07. The lowest BCUT2D eigenvalue weighted by molar-refractivity contribution is 0.306. The van der Waals surface area contributed by atoms with E-state index in [2.05, 4.69) is 63.0 Å². The fraction of sp³-hybridized carbons (Fsp3) is 0.0571. The lowest BCUT2D eigenvalue weighted by Gasteiger charge is -2.12. The van der Waals surface area contributed by atoms with Gasteiger partial charge in [-0.15, -0.1) is 5.10 Å². The van der Waals surface area contributed by atoms with Crippen LogP contribution >= 0.6 is 0 Å². The van der Waals surface area contributed by atoms with Crippen LogP contribution in [0.5, 0.6) is 5.75 Å². The van der Waals surface area contributed by atoms with Crippen LogP contribution in [0, 0.1) is 0 Å². The van der Waals surface area contributed by atoms with Crippen LogP contribution < -0.4 is 10.1 Å². The number of ether oxygens (including phenoxy) is 1. The number of fused-ring (bicyclic) bond motifs is 2. The summed E-state index contributed by atoms with van der Waals surface area (Å²) in [5, 5.41) is 14.8. The molecule has 0 bridgehead atoms. The standard InChI is InChI=1S/C35H27N5O/c1-3-9-25(10-4-1)23-41-28-18-15-24(16-19-28)21-32-29-13-7-8-14-30(29)35(40-39-32)36-27-17-20-31-33(22-27)38-34(37-31)26-11-5-2-6-12-26/h1-20,22H,21,23H2,(H,36,40)(H,37,38). The number of nitrogens with zero attached hydrogens (tertiary/aromatic N) is 3. The van der Waals surface area contributed by atoms with Crippen LogP contribution in [0.4, 0.5) is 11.5 Å². The van der Waals surface area contributed by atoms with Gasteiger partial charge in [0.1, 0.15) is 18.2 Å². The minimum Gasteiger partial charge on any atom is -0.489 e. The van der Waals surface area contributed by atoms with E-state index in [-0.39, 0.29) is 0 Å². The first kappa shape index (κ1) is 24.5. The molecule has 2 heterocycles. The predicted octanol–water partition coefficient (Wildman–Crippen LogP) is 8.09. The molecular weight excluding hydrogens is 506 g/mol. The molecule has 0 aliphatic rings. The quantitative estimate of drug-likeness (QED) is 0.206. The van der Waals surface area contributed by atoms with Gasteiger partial charge in [-0.25, -0.2) is 4.98 Å². The second-order valence-corrected chi connectivity index (χ2v) is 9.94. The molecule has 0 saturated carbocycles. The van der Waals surface area contributed by atoms with Crippen LogP contribution in [0.1, 0.15) is 16.8 Å². The molecule has 0 unspecified atom stereocenters. The first-order valence-corrected chi connectivity index (χ1v) is 13.6. The average Bonchev–Trinajstić information content (AvgIpc) is 3.47. The molecule has 2 aromatic heterocycles. The van der Waals surface area contributed by atoms with Crippen LogP contribution in [0.2, 0.25) is 0 Å². The third-order valence-electron chi connectivity index (χ3n) is 7.10. The highest BCUT2D eigenvalue weighted by Crippen LogP contribution is 2.29. The zero-order valence-corrected chi connectivity index (χ0v) is 22.3. The minimum atomic E-state index is 0.548. The van der Waals surface area contributed by atoms with Gasteiger partial charge in [0, 0.05) is 28.4 Å². The highest BCUT2D eigenvalue weighted by molar-refractivity contribution is 5.95. The van der Waals surface area contributed by atoms with E-state index >= 15 is 0 Å². The summed E-state index contributed by atoms with van der Waals surface area (Å²) in [4.78, 5) is 8.18. The van der Waals surface area contributed by atoms with Gasteiger partial charge in [-0.1, -0.05) is 97.1 Å². The number of aromatic nitrogens is 4. The summed E-state index contributed by atoms with van der Waals surface area (Å²) in [6.07, 6.45) is 0.676. The van der Waals surface area contributed by atoms with Gasteiger partial charge in [-0.3, -0.25) is 0 Å². The zero-order chi connectivity index (χ0) is 27.4. The van der Waals surface area contributed by atoms with Crippen LogP contribution in [-0.4, -0.2) is 20.2 Å². The summed E-state index contributed by atoms with van der Waals surface area (Å²) in [5.74, 6) is 2.41. The summed E-state index contributed by atoms with van der Waals surface area (Å²) >= 11 is 0. The summed E-state index contributed by atoms with van der Waals surface area (Å²) in [6, 6.07) is 42.9. The van der Waals surface area contributed by atoms with Gasteiger partial charge in [0.05, 0.1) is 16.7 Å². The van der Waals surface area contributed by atoms with E-state index < -0.39 is 0 Å². The van der Waals surface area contributed by atoms with Crippen LogP contribution in [-0.2, 0) is 13.0 Å². The molecule has 0 aliphatic heterocycles. The molecule has 198 valence electrons. The number of benzene rings is 5. The molecule has 7 rings (SSSR count). The van der Waals surface area contributed by atoms with Gasteiger partial charge in [0.2, 0.25) is 0 Å². The Morgan fingerprint density at radius 3 is 2.20 bits per heavy atom. The molecular formula is C35H27N5O. The van der Waals surface area contributed by atoms with E-state index in [1.165, 1.54) is 0 Å². The van der Waals surface area contributed by atoms with Gasteiger partial charge in [-0.05, 0) is 41.5 Å². The lowest BCUT2D eigenvalue weighted by Crippen LogP contribution is -2.02. The number of imidazole rings is 1. The van der Waals surface area contributed by atoms with Crippen LogP contribution in [0.25, 0.3) is 33.2 Å². The van der Waals surface area contributed by atoms with E-state index in [0.29, 0.717) is 13.0 Å². The van der Waals surface area contributed by atoms with Crippen molar-refractivity contribution in [2.75, 3.05) is 5.32 Å². The van der Waals surface area contributed by atoms with Crippen LogP contribution in [0.15, 0.2) is 127 Å². The molecule has 0 aliphatic carbocycles.